The van der Waals surface area contributed by atoms with Crippen LogP contribution < -0.4 is 42.3 Å². The van der Waals surface area contributed by atoms with Crippen LogP contribution in [-0.4, -0.2) is 22.6 Å². The molecule has 0 unspecified atom stereocenters. The molecular formula is C48H26B2N2O2. The minimum atomic E-state index is 0.0784. The lowest BCUT2D eigenvalue weighted by Crippen LogP contribution is -2.58. The molecule has 0 bridgehead atoms. The summed E-state index contributed by atoms with van der Waals surface area (Å²) in [4.78, 5) is 0. The van der Waals surface area contributed by atoms with Crippen molar-refractivity contribution < 1.29 is 9.47 Å². The third kappa shape index (κ3) is 3.14. The summed E-state index contributed by atoms with van der Waals surface area (Å²) in [6.07, 6.45) is 0. The van der Waals surface area contributed by atoms with E-state index in [9.17, 15) is 0 Å². The minimum Gasteiger partial charge on any atom is -0.458 e. The first kappa shape index (κ1) is 27.7. The van der Waals surface area contributed by atoms with E-state index in [1.165, 1.54) is 98.9 Å². The third-order valence-corrected chi connectivity index (χ3v) is 12.6. The van der Waals surface area contributed by atoms with Crippen molar-refractivity contribution in [2.75, 3.05) is 0 Å². The quantitative estimate of drug-likeness (QED) is 0.169. The molecule has 0 spiro atoms. The van der Waals surface area contributed by atoms with Crippen molar-refractivity contribution in [3.05, 3.63) is 158 Å². The highest BCUT2D eigenvalue weighted by molar-refractivity contribution is 7.00. The van der Waals surface area contributed by atoms with Gasteiger partial charge in [-0.05, 0) is 92.9 Å². The molecular weight excluding hydrogens is 658 g/mol. The maximum absolute atomic E-state index is 6.72. The van der Waals surface area contributed by atoms with E-state index in [0.717, 1.165) is 23.0 Å². The Morgan fingerprint density at radius 1 is 0.352 bits per heavy atom. The molecule has 6 heteroatoms. The van der Waals surface area contributed by atoms with Gasteiger partial charge in [-0.3, -0.25) is 0 Å². The number of aromatic nitrogens is 2. The molecule has 0 saturated carbocycles. The van der Waals surface area contributed by atoms with Gasteiger partial charge in [-0.15, -0.1) is 0 Å². The van der Waals surface area contributed by atoms with Crippen molar-refractivity contribution >= 4 is 89.8 Å². The predicted molar refractivity (Wildman–Crippen MR) is 223 cm³/mol. The summed E-state index contributed by atoms with van der Waals surface area (Å²) in [6.45, 7) is 0.157. The molecule has 8 aromatic carbocycles. The smallest absolute Gasteiger partial charge is 0.256 e. The Balaban J connectivity index is 1.23. The molecule has 54 heavy (non-hydrogen) atoms. The average molecular weight is 684 g/mol. The van der Waals surface area contributed by atoms with Gasteiger partial charge in [0, 0.05) is 38.5 Å². The Hall–Kier alpha value is -6.91. The largest absolute Gasteiger partial charge is 0.458 e. The van der Waals surface area contributed by atoms with E-state index in [1.807, 2.05) is 0 Å². The second kappa shape index (κ2) is 9.54. The van der Waals surface area contributed by atoms with Crippen molar-refractivity contribution in [3.63, 3.8) is 0 Å². The first-order chi connectivity index (χ1) is 26.8. The summed E-state index contributed by atoms with van der Waals surface area (Å²) >= 11 is 0. The van der Waals surface area contributed by atoms with Crippen LogP contribution >= 0.6 is 0 Å². The summed E-state index contributed by atoms with van der Waals surface area (Å²) < 4.78 is 18.6. The first-order valence-corrected chi connectivity index (χ1v) is 18.8. The van der Waals surface area contributed by atoms with Crippen LogP contribution in [-0.2, 0) is 0 Å². The van der Waals surface area contributed by atoms with Gasteiger partial charge in [0.15, 0.2) is 0 Å². The van der Waals surface area contributed by atoms with Gasteiger partial charge in [-0.1, -0.05) is 103 Å². The highest BCUT2D eigenvalue weighted by atomic mass is 16.5. The Morgan fingerprint density at radius 2 is 0.796 bits per heavy atom. The van der Waals surface area contributed by atoms with E-state index in [0.29, 0.717) is 0 Å². The van der Waals surface area contributed by atoms with E-state index in [4.69, 9.17) is 9.47 Å². The van der Waals surface area contributed by atoms with Gasteiger partial charge in [0.2, 0.25) is 0 Å². The van der Waals surface area contributed by atoms with Crippen LogP contribution in [0.3, 0.4) is 0 Å². The van der Waals surface area contributed by atoms with E-state index >= 15 is 0 Å². The number of benzene rings is 8. The van der Waals surface area contributed by atoms with Crippen LogP contribution in [0.25, 0.3) is 66.1 Å². The monoisotopic (exact) mass is 684 g/mol. The van der Waals surface area contributed by atoms with Crippen molar-refractivity contribution in [2.24, 2.45) is 0 Å². The van der Waals surface area contributed by atoms with Crippen LogP contribution in [0.4, 0.5) is 0 Å². The Morgan fingerprint density at radius 3 is 1.31 bits per heavy atom. The molecule has 0 N–H and O–H groups in total. The molecule has 0 saturated heterocycles. The highest BCUT2D eigenvalue weighted by Gasteiger charge is 2.43. The fourth-order valence-electron chi connectivity index (χ4n) is 10.6. The average Bonchev–Trinajstić information content (AvgIpc) is 3.75. The number of ether oxygens (including phenoxy) is 2. The number of rotatable bonds is 1. The Labute approximate surface area is 310 Å². The zero-order chi connectivity index (χ0) is 34.8. The molecule has 10 aromatic rings. The molecule has 0 fully saturated rings. The summed E-state index contributed by atoms with van der Waals surface area (Å²) in [5.41, 5.74) is 17.3. The van der Waals surface area contributed by atoms with Crippen molar-refractivity contribution in [2.45, 2.75) is 0 Å². The van der Waals surface area contributed by atoms with Gasteiger partial charge in [0.05, 0.1) is 22.1 Å². The maximum atomic E-state index is 6.72. The lowest BCUT2D eigenvalue weighted by atomic mass is 9.34. The molecule has 0 atom stereocenters. The van der Waals surface area contributed by atoms with Gasteiger partial charge in [0.25, 0.3) is 13.4 Å². The molecule has 0 radical (unpaired) electrons. The number of nitrogens with zero attached hydrogens (tertiary/aromatic N) is 2. The van der Waals surface area contributed by atoms with Crippen LogP contribution in [0.2, 0.25) is 0 Å². The topological polar surface area (TPSA) is 28.3 Å². The fourth-order valence-corrected chi connectivity index (χ4v) is 10.6. The molecule has 4 aliphatic rings. The van der Waals surface area contributed by atoms with Crippen LogP contribution in [0.15, 0.2) is 158 Å². The molecule has 246 valence electrons. The second-order valence-electron chi connectivity index (χ2n) is 15.1. The van der Waals surface area contributed by atoms with Gasteiger partial charge < -0.3 is 18.6 Å². The minimum absolute atomic E-state index is 0.0784. The highest BCUT2D eigenvalue weighted by Crippen LogP contribution is 2.48. The fraction of sp³-hybridized carbons (Fsp3) is 0. The zero-order valence-electron chi connectivity index (χ0n) is 28.9. The van der Waals surface area contributed by atoms with Crippen LogP contribution in [0.1, 0.15) is 0 Å². The van der Waals surface area contributed by atoms with E-state index in [2.05, 4.69) is 167 Å². The molecule has 6 heterocycles. The number of hydrogen-bond donors (Lipinski definition) is 0. The predicted octanol–water partition coefficient (Wildman–Crippen LogP) is 7.42. The van der Waals surface area contributed by atoms with Gasteiger partial charge in [0.1, 0.15) is 23.0 Å². The summed E-state index contributed by atoms with van der Waals surface area (Å²) in [7, 11) is 0. The second-order valence-corrected chi connectivity index (χ2v) is 15.1. The molecule has 4 nitrogen and oxygen atoms in total. The maximum Gasteiger partial charge on any atom is 0.256 e. The molecule has 4 aliphatic heterocycles. The zero-order valence-corrected chi connectivity index (χ0v) is 28.9. The van der Waals surface area contributed by atoms with Crippen molar-refractivity contribution in [3.8, 4) is 45.5 Å². The van der Waals surface area contributed by atoms with E-state index in [1.54, 1.807) is 0 Å². The lowest BCUT2D eigenvalue weighted by Gasteiger charge is -2.33. The van der Waals surface area contributed by atoms with Crippen LogP contribution in [0, 0.1) is 0 Å². The Kier molecular flexibility index (Phi) is 4.90. The molecule has 0 amide bonds. The first-order valence-electron chi connectivity index (χ1n) is 18.8. The number of para-hydroxylation sites is 4. The summed E-state index contributed by atoms with van der Waals surface area (Å²) in [5.74, 6) is 3.75. The van der Waals surface area contributed by atoms with Gasteiger partial charge >= 0.3 is 0 Å². The third-order valence-electron chi connectivity index (χ3n) is 12.6. The van der Waals surface area contributed by atoms with Crippen LogP contribution in [0.5, 0.6) is 23.0 Å². The molecule has 0 aliphatic carbocycles. The summed E-state index contributed by atoms with van der Waals surface area (Å²) in [6, 6.07) is 57.6. The lowest BCUT2D eigenvalue weighted by molar-refractivity contribution is 0.487. The number of hydrogen-bond acceptors (Lipinski definition) is 2. The van der Waals surface area contributed by atoms with Crippen molar-refractivity contribution in [1.82, 2.24) is 9.13 Å². The van der Waals surface area contributed by atoms with Gasteiger partial charge in [-0.2, -0.15) is 0 Å². The van der Waals surface area contributed by atoms with E-state index < -0.39 is 0 Å². The van der Waals surface area contributed by atoms with Crippen molar-refractivity contribution in [1.29, 1.82) is 0 Å². The van der Waals surface area contributed by atoms with E-state index in [-0.39, 0.29) is 13.4 Å². The molecule has 14 rings (SSSR count). The van der Waals surface area contributed by atoms with Gasteiger partial charge in [-0.25, -0.2) is 0 Å². The Bertz CT molecular complexity index is 3160. The normalized spacial score (nSPS) is 13.8. The SMILES string of the molecule is c1ccc(-c2c3c(cc4c5ccc6c7c5n(c24)-c2ccccc2B7c2ccccc2O6)c2ccc4c5c2n3-c2ccccc2B5c2ccccc2O4)cc1. The standard InChI is InChI=1S/C48H26B2N2O2/c1-2-12-27(13-3-1)42-45-30(28-22-24-40-43-47(28)51(45)36-18-8-4-14-32(36)49(43)34-16-6-10-20-38(34)53-40)26-31-29-23-25-41-44-48(29)52(46(31)42)37-19-9-5-15-33(37)50(44)35-17-7-11-21-39(35)54-41/h1-26H. The molecule has 2 aromatic heterocycles. The number of fused-ring (bicyclic) bond motifs is 16. The summed E-state index contributed by atoms with van der Waals surface area (Å²) in [5, 5.41) is 4.98.